The molecule has 0 radical (unpaired) electrons. The number of hydrogen-bond donors (Lipinski definition) is 1. The molecule has 0 spiro atoms. The highest BCUT2D eigenvalue weighted by atomic mass is 35.5. The van der Waals surface area contributed by atoms with Crippen LogP contribution in [0.1, 0.15) is 19.5 Å². The van der Waals surface area contributed by atoms with E-state index < -0.39 is 0 Å². The van der Waals surface area contributed by atoms with Crippen molar-refractivity contribution in [2.24, 2.45) is 5.92 Å². The van der Waals surface area contributed by atoms with Gasteiger partial charge in [0.25, 0.3) is 0 Å². The molecular formula is C14H24ClN3O. The topological polar surface area (TPSA) is 37.4 Å². The average Bonchev–Trinajstić information content (AvgIpc) is 2.37. The van der Waals surface area contributed by atoms with Crippen LogP contribution >= 0.6 is 11.6 Å². The lowest BCUT2D eigenvalue weighted by Gasteiger charge is -2.24. The maximum atomic E-state index is 6.22. The van der Waals surface area contributed by atoms with Gasteiger partial charge in [0, 0.05) is 33.8 Å². The number of nitrogens with zero attached hydrogens (tertiary/aromatic N) is 2. The van der Waals surface area contributed by atoms with Crippen molar-refractivity contribution in [2.75, 3.05) is 39.2 Å². The Morgan fingerprint density at radius 1 is 1.42 bits per heavy atom. The number of rotatable bonds is 8. The maximum Gasteiger partial charge on any atom is 0.126 e. The fourth-order valence-electron chi connectivity index (χ4n) is 1.92. The summed E-state index contributed by atoms with van der Waals surface area (Å²) in [7, 11) is 3.58. The molecule has 0 bridgehead atoms. The van der Waals surface area contributed by atoms with E-state index in [0.29, 0.717) is 10.9 Å². The van der Waals surface area contributed by atoms with Crippen molar-refractivity contribution < 1.29 is 4.74 Å². The van der Waals surface area contributed by atoms with Gasteiger partial charge in [-0.1, -0.05) is 25.4 Å². The number of pyridine rings is 1. The highest BCUT2D eigenvalue weighted by molar-refractivity contribution is 6.31. The van der Waals surface area contributed by atoms with Crippen molar-refractivity contribution in [1.29, 1.82) is 0 Å². The third-order valence-corrected chi connectivity index (χ3v) is 3.13. The normalized spacial score (nSPS) is 11.3. The lowest BCUT2D eigenvalue weighted by atomic mass is 10.2. The highest BCUT2D eigenvalue weighted by Crippen LogP contribution is 2.18. The van der Waals surface area contributed by atoms with E-state index in [0.717, 1.165) is 37.8 Å². The molecular weight excluding hydrogens is 262 g/mol. The summed E-state index contributed by atoms with van der Waals surface area (Å²) in [6, 6.07) is 3.77. The van der Waals surface area contributed by atoms with Gasteiger partial charge in [-0.3, -0.25) is 4.90 Å². The number of halogens is 1. The fourth-order valence-corrected chi connectivity index (χ4v) is 2.08. The van der Waals surface area contributed by atoms with E-state index in [1.807, 2.05) is 19.2 Å². The summed E-state index contributed by atoms with van der Waals surface area (Å²) in [6.07, 6.45) is 0. The lowest BCUT2D eigenvalue weighted by molar-refractivity contribution is 0.135. The predicted molar refractivity (Wildman–Crippen MR) is 80.8 cm³/mol. The summed E-state index contributed by atoms with van der Waals surface area (Å²) < 4.78 is 5.16. The summed E-state index contributed by atoms with van der Waals surface area (Å²) >= 11 is 6.22. The molecule has 0 atom stereocenters. The molecule has 1 heterocycles. The number of nitrogens with one attached hydrogen (secondary N) is 1. The standard InChI is InChI=1S/C14H24ClN3O/c1-11(2)9-18(7-8-19-4)10-13-12(15)5-6-14(16-3)17-13/h5-6,11H,7-10H2,1-4H3,(H,16,17). The summed E-state index contributed by atoms with van der Waals surface area (Å²) in [4.78, 5) is 6.84. The molecule has 0 aliphatic carbocycles. The molecule has 108 valence electrons. The Labute approximate surface area is 121 Å². The van der Waals surface area contributed by atoms with E-state index in [1.54, 1.807) is 7.11 Å². The van der Waals surface area contributed by atoms with Gasteiger partial charge in [-0.05, 0) is 18.1 Å². The summed E-state index contributed by atoms with van der Waals surface area (Å²) in [5, 5.41) is 3.75. The molecule has 1 rings (SSSR count). The molecule has 0 saturated heterocycles. The second-order valence-corrected chi connectivity index (χ2v) is 5.40. The lowest BCUT2D eigenvalue weighted by Crippen LogP contribution is -2.31. The first-order chi connectivity index (χ1) is 9.06. The van der Waals surface area contributed by atoms with Crippen molar-refractivity contribution in [3.8, 4) is 0 Å². The SMILES string of the molecule is CNc1ccc(Cl)c(CN(CCOC)CC(C)C)n1. The molecule has 0 saturated carbocycles. The summed E-state index contributed by atoms with van der Waals surface area (Å²) in [5.41, 5.74) is 0.908. The van der Waals surface area contributed by atoms with Gasteiger partial charge in [-0.15, -0.1) is 0 Å². The van der Waals surface area contributed by atoms with Crippen LogP contribution in [0.15, 0.2) is 12.1 Å². The van der Waals surface area contributed by atoms with Gasteiger partial charge in [0.1, 0.15) is 5.82 Å². The highest BCUT2D eigenvalue weighted by Gasteiger charge is 2.12. The molecule has 0 aromatic carbocycles. The van der Waals surface area contributed by atoms with Crippen LogP contribution in [-0.2, 0) is 11.3 Å². The minimum Gasteiger partial charge on any atom is -0.383 e. The van der Waals surface area contributed by atoms with E-state index in [2.05, 4.69) is 29.0 Å². The van der Waals surface area contributed by atoms with Crippen LogP contribution in [0.2, 0.25) is 5.02 Å². The molecule has 1 aromatic heterocycles. The zero-order valence-corrected chi connectivity index (χ0v) is 13.0. The first kappa shape index (κ1) is 16.2. The zero-order valence-electron chi connectivity index (χ0n) is 12.2. The molecule has 5 heteroatoms. The molecule has 0 aliphatic heterocycles. The number of methoxy groups -OCH3 is 1. The van der Waals surface area contributed by atoms with Gasteiger partial charge in [-0.2, -0.15) is 0 Å². The molecule has 0 unspecified atom stereocenters. The minimum atomic E-state index is 0.600. The number of hydrogen-bond acceptors (Lipinski definition) is 4. The fraction of sp³-hybridized carbons (Fsp3) is 0.643. The molecule has 19 heavy (non-hydrogen) atoms. The van der Waals surface area contributed by atoms with Crippen molar-refractivity contribution >= 4 is 17.4 Å². The van der Waals surface area contributed by atoms with Gasteiger partial charge in [0.05, 0.1) is 17.3 Å². The maximum absolute atomic E-state index is 6.22. The van der Waals surface area contributed by atoms with E-state index in [1.165, 1.54) is 0 Å². The summed E-state index contributed by atoms with van der Waals surface area (Å²) in [6.45, 7) is 7.77. The second-order valence-electron chi connectivity index (χ2n) is 5.00. The quantitative estimate of drug-likeness (QED) is 0.797. The van der Waals surface area contributed by atoms with E-state index in [-0.39, 0.29) is 0 Å². The van der Waals surface area contributed by atoms with Gasteiger partial charge in [0.2, 0.25) is 0 Å². The van der Waals surface area contributed by atoms with Gasteiger partial charge in [-0.25, -0.2) is 4.98 Å². The Bertz CT molecular complexity index is 385. The summed E-state index contributed by atoms with van der Waals surface area (Å²) in [5.74, 6) is 1.44. The molecule has 1 aromatic rings. The molecule has 4 nitrogen and oxygen atoms in total. The predicted octanol–water partition coefficient (Wildman–Crippen LogP) is 2.88. The van der Waals surface area contributed by atoms with Crippen LogP contribution < -0.4 is 5.32 Å². The van der Waals surface area contributed by atoms with Crippen molar-refractivity contribution in [3.05, 3.63) is 22.8 Å². The van der Waals surface area contributed by atoms with E-state index >= 15 is 0 Å². The van der Waals surface area contributed by atoms with E-state index in [4.69, 9.17) is 16.3 Å². The number of ether oxygens (including phenoxy) is 1. The Hall–Kier alpha value is -0.840. The van der Waals surface area contributed by atoms with Gasteiger partial charge in [0.15, 0.2) is 0 Å². The van der Waals surface area contributed by atoms with E-state index in [9.17, 15) is 0 Å². The number of anilines is 1. The van der Waals surface area contributed by atoms with Gasteiger partial charge < -0.3 is 10.1 Å². The van der Waals surface area contributed by atoms with Crippen LogP contribution in [0.3, 0.4) is 0 Å². The second kappa shape index (κ2) is 8.35. The van der Waals surface area contributed by atoms with Crippen molar-refractivity contribution in [1.82, 2.24) is 9.88 Å². The third-order valence-electron chi connectivity index (χ3n) is 2.78. The number of aromatic nitrogens is 1. The Balaban J connectivity index is 2.76. The molecule has 0 amide bonds. The largest absolute Gasteiger partial charge is 0.383 e. The van der Waals surface area contributed by atoms with Crippen molar-refractivity contribution in [3.63, 3.8) is 0 Å². The molecule has 0 aliphatic rings. The Morgan fingerprint density at radius 2 is 2.16 bits per heavy atom. The van der Waals surface area contributed by atoms with Crippen molar-refractivity contribution in [2.45, 2.75) is 20.4 Å². The average molecular weight is 286 g/mol. The molecule has 1 N–H and O–H groups in total. The van der Waals surface area contributed by atoms with Crippen LogP contribution in [0.25, 0.3) is 0 Å². The monoisotopic (exact) mass is 285 g/mol. The smallest absolute Gasteiger partial charge is 0.126 e. The minimum absolute atomic E-state index is 0.600. The third kappa shape index (κ3) is 5.76. The first-order valence-corrected chi connectivity index (χ1v) is 6.99. The zero-order chi connectivity index (χ0) is 14.3. The molecule has 0 fully saturated rings. The first-order valence-electron chi connectivity index (χ1n) is 6.61. The van der Waals surface area contributed by atoms with Crippen LogP contribution in [-0.4, -0.2) is 43.7 Å². The van der Waals surface area contributed by atoms with Gasteiger partial charge >= 0.3 is 0 Å². The van der Waals surface area contributed by atoms with Crippen LogP contribution in [0.4, 0.5) is 5.82 Å². The van der Waals surface area contributed by atoms with Crippen LogP contribution in [0.5, 0.6) is 0 Å². The Morgan fingerprint density at radius 3 is 2.74 bits per heavy atom. The van der Waals surface area contributed by atoms with Crippen LogP contribution in [0, 0.1) is 5.92 Å². The Kier molecular flexibility index (Phi) is 7.13.